The average Bonchev–Trinajstić information content (AvgIpc) is 2.86. The van der Waals surface area contributed by atoms with Crippen molar-refractivity contribution in [3.8, 4) is 0 Å². The van der Waals surface area contributed by atoms with E-state index >= 15 is 0 Å². The topological polar surface area (TPSA) is 108 Å². The molecule has 0 spiro atoms. The summed E-state index contributed by atoms with van der Waals surface area (Å²) < 4.78 is 0. The molecule has 4 N–H and O–H groups in total. The summed E-state index contributed by atoms with van der Waals surface area (Å²) in [6.07, 6.45) is 0.590. The first-order valence-electron chi connectivity index (χ1n) is 6.90. The van der Waals surface area contributed by atoms with Gasteiger partial charge >= 0.3 is 6.03 Å². The minimum absolute atomic E-state index is 0.165. The summed E-state index contributed by atoms with van der Waals surface area (Å²) in [6, 6.07) is 1.58. The summed E-state index contributed by atoms with van der Waals surface area (Å²) in [4.78, 5) is 39.2. The molecule has 2 rings (SSSR count). The highest BCUT2D eigenvalue weighted by Gasteiger charge is 2.29. The first kappa shape index (κ1) is 15.1. The molecule has 0 aliphatic carbocycles. The summed E-state index contributed by atoms with van der Waals surface area (Å²) in [7, 11) is 0. The van der Waals surface area contributed by atoms with Crippen molar-refractivity contribution in [2.45, 2.75) is 26.8 Å². The smallest absolute Gasteiger partial charge is 0.317 e. The molecule has 0 unspecified atom stereocenters. The van der Waals surface area contributed by atoms with E-state index in [9.17, 15) is 14.4 Å². The minimum Gasteiger partial charge on any atom is -0.369 e. The van der Waals surface area contributed by atoms with E-state index in [1.54, 1.807) is 4.90 Å². The van der Waals surface area contributed by atoms with Crippen molar-refractivity contribution in [1.29, 1.82) is 0 Å². The lowest BCUT2D eigenvalue weighted by atomic mass is 10.1. The number of aryl methyl sites for hydroxylation is 2. The van der Waals surface area contributed by atoms with Gasteiger partial charge in [-0.05, 0) is 31.9 Å². The lowest BCUT2D eigenvalue weighted by Crippen LogP contribution is -2.40. The Balaban J connectivity index is 1.97. The molecule has 1 aromatic rings. The summed E-state index contributed by atoms with van der Waals surface area (Å²) in [5.74, 6) is -0.656. The molecule has 1 aromatic heterocycles. The van der Waals surface area contributed by atoms with E-state index in [0.29, 0.717) is 25.1 Å². The van der Waals surface area contributed by atoms with E-state index in [1.165, 1.54) is 0 Å². The van der Waals surface area contributed by atoms with E-state index in [2.05, 4.69) is 10.3 Å². The molecule has 7 heteroatoms. The number of H-pyrrole nitrogens is 1. The van der Waals surface area contributed by atoms with Gasteiger partial charge in [0.15, 0.2) is 0 Å². The number of nitrogens with zero attached hydrogens (tertiary/aromatic N) is 1. The fraction of sp³-hybridized carbons (Fsp3) is 0.500. The Morgan fingerprint density at radius 3 is 2.76 bits per heavy atom. The Bertz CT molecular complexity index is 623. The van der Waals surface area contributed by atoms with Crippen LogP contribution in [0.15, 0.2) is 10.9 Å². The highest BCUT2D eigenvalue weighted by molar-refractivity contribution is 5.80. The molecule has 2 heterocycles. The van der Waals surface area contributed by atoms with E-state index < -0.39 is 0 Å². The molecule has 7 nitrogen and oxygen atoms in total. The molecule has 1 saturated heterocycles. The van der Waals surface area contributed by atoms with Gasteiger partial charge in [0.2, 0.25) is 5.91 Å². The quantitative estimate of drug-likeness (QED) is 0.730. The van der Waals surface area contributed by atoms with Gasteiger partial charge in [-0.25, -0.2) is 4.79 Å². The zero-order valence-corrected chi connectivity index (χ0v) is 12.2. The van der Waals surface area contributed by atoms with Crippen LogP contribution in [-0.2, 0) is 11.3 Å². The highest BCUT2D eigenvalue weighted by atomic mass is 16.2. The normalized spacial score (nSPS) is 17.8. The third kappa shape index (κ3) is 3.42. The van der Waals surface area contributed by atoms with Crippen LogP contribution in [0.5, 0.6) is 0 Å². The fourth-order valence-electron chi connectivity index (χ4n) is 2.55. The van der Waals surface area contributed by atoms with Crippen LogP contribution >= 0.6 is 0 Å². The maximum atomic E-state index is 12.0. The van der Waals surface area contributed by atoms with Crippen LogP contribution in [0.1, 0.15) is 23.2 Å². The Hall–Kier alpha value is -2.31. The number of aromatic amines is 1. The second kappa shape index (κ2) is 5.99. The van der Waals surface area contributed by atoms with Crippen molar-refractivity contribution in [1.82, 2.24) is 15.2 Å². The van der Waals surface area contributed by atoms with Gasteiger partial charge in [0, 0.05) is 24.3 Å². The Morgan fingerprint density at radius 2 is 2.19 bits per heavy atom. The summed E-state index contributed by atoms with van der Waals surface area (Å²) >= 11 is 0. The van der Waals surface area contributed by atoms with Gasteiger partial charge in [-0.2, -0.15) is 0 Å². The molecule has 3 amide bonds. The fourth-order valence-corrected chi connectivity index (χ4v) is 2.55. The Labute approximate surface area is 122 Å². The number of pyridine rings is 1. The van der Waals surface area contributed by atoms with Gasteiger partial charge in [-0.3, -0.25) is 9.59 Å². The molecule has 114 valence electrons. The van der Waals surface area contributed by atoms with Crippen molar-refractivity contribution in [2.24, 2.45) is 11.7 Å². The molecule has 0 bridgehead atoms. The Kier molecular flexibility index (Phi) is 4.30. The molecular formula is C14H20N4O3. The molecule has 1 aliphatic rings. The van der Waals surface area contributed by atoms with Crippen molar-refractivity contribution < 1.29 is 9.59 Å². The predicted octanol–water partition coefficient (Wildman–Crippen LogP) is 0.00854. The molecule has 21 heavy (non-hydrogen) atoms. The van der Waals surface area contributed by atoms with E-state index in [-0.39, 0.29) is 30.0 Å². The lowest BCUT2D eigenvalue weighted by Gasteiger charge is -2.17. The highest BCUT2D eigenvalue weighted by Crippen LogP contribution is 2.15. The van der Waals surface area contributed by atoms with Crippen LogP contribution < -0.4 is 16.6 Å². The number of aromatic nitrogens is 1. The largest absolute Gasteiger partial charge is 0.369 e. The number of urea groups is 1. The first-order chi connectivity index (χ1) is 9.88. The number of rotatable bonds is 3. The number of nitrogens with one attached hydrogen (secondary N) is 2. The third-order valence-corrected chi connectivity index (χ3v) is 3.79. The number of hydrogen-bond acceptors (Lipinski definition) is 3. The summed E-state index contributed by atoms with van der Waals surface area (Å²) in [5.41, 5.74) is 7.22. The van der Waals surface area contributed by atoms with Gasteiger partial charge in [-0.1, -0.05) is 0 Å². The van der Waals surface area contributed by atoms with Gasteiger partial charge in [-0.15, -0.1) is 0 Å². The van der Waals surface area contributed by atoms with E-state index in [0.717, 1.165) is 11.3 Å². The monoisotopic (exact) mass is 292 g/mol. The SMILES string of the molecule is Cc1cc(C)c(CNC(=O)N2CC[C@H](C(N)=O)C2)c(=O)[nH]1. The maximum Gasteiger partial charge on any atom is 0.317 e. The van der Waals surface area contributed by atoms with Crippen molar-refractivity contribution in [3.05, 3.63) is 33.2 Å². The summed E-state index contributed by atoms with van der Waals surface area (Å²) in [6.45, 7) is 4.65. The van der Waals surface area contributed by atoms with Crippen LogP contribution in [0.25, 0.3) is 0 Å². The number of primary amides is 1. The predicted molar refractivity (Wildman–Crippen MR) is 77.6 cm³/mol. The molecule has 1 fully saturated rings. The van der Waals surface area contributed by atoms with Crippen molar-refractivity contribution in [3.63, 3.8) is 0 Å². The molecule has 0 radical (unpaired) electrons. The van der Waals surface area contributed by atoms with E-state index in [4.69, 9.17) is 5.73 Å². The third-order valence-electron chi connectivity index (χ3n) is 3.79. The number of carbonyl (C=O) groups excluding carboxylic acids is 2. The molecule has 0 aromatic carbocycles. The van der Waals surface area contributed by atoms with Gasteiger partial charge in [0.1, 0.15) is 0 Å². The molecular weight excluding hydrogens is 272 g/mol. The number of nitrogens with two attached hydrogens (primary N) is 1. The molecule has 1 aliphatic heterocycles. The van der Waals surface area contributed by atoms with Crippen LogP contribution in [0.4, 0.5) is 4.79 Å². The van der Waals surface area contributed by atoms with Gasteiger partial charge < -0.3 is 20.9 Å². The second-order valence-corrected chi connectivity index (χ2v) is 5.44. The number of likely N-dealkylation sites (tertiary alicyclic amines) is 1. The zero-order chi connectivity index (χ0) is 15.6. The first-order valence-corrected chi connectivity index (χ1v) is 6.90. The molecule has 0 saturated carbocycles. The maximum absolute atomic E-state index is 12.0. The van der Waals surface area contributed by atoms with Crippen LogP contribution in [-0.4, -0.2) is 34.9 Å². The number of amides is 3. The van der Waals surface area contributed by atoms with Crippen LogP contribution in [0.2, 0.25) is 0 Å². The van der Waals surface area contributed by atoms with Crippen LogP contribution in [0, 0.1) is 19.8 Å². The van der Waals surface area contributed by atoms with Crippen LogP contribution in [0.3, 0.4) is 0 Å². The van der Waals surface area contributed by atoms with E-state index in [1.807, 2.05) is 19.9 Å². The summed E-state index contributed by atoms with van der Waals surface area (Å²) in [5, 5.41) is 2.72. The Morgan fingerprint density at radius 1 is 1.48 bits per heavy atom. The number of hydrogen-bond donors (Lipinski definition) is 3. The number of carbonyl (C=O) groups is 2. The average molecular weight is 292 g/mol. The lowest BCUT2D eigenvalue weighted by molar-refractivity contribution is -0.121. The minimum atomic E-state index is -0.379. The molecule has 1 atom stereocenters. The van der Waals surface area contributed by atoms with Crippen molar-refractivity contribution in [2.75, 3.05) is 13.1 Å². The standard InChI is InChI=1S/C14H20N4O3/c1-8-5-9(2)17-13(20)11(8)6-16-14(21)18-4-3-10(7-18)12(15)19/h5,10H,3-4,6-7H2,1-2H3,(H2,15,19)(H,16,21)(H,17,20)/t10-/m0/s1. The van der Waals surface area contributed by atoms with Gasteiger partial charge in [0.25, 0.3) is 5.56 Å². The zero-order valence-electron chi connectivity index (χ0n) is 12.2. The van der Waals surface area contributed by atoms with Gasteiger partial charge in [0.05, 0.1) is 12.5 Å². The van der Waals surface area contributed by atoms with Crippen molar-refractivity contribution >= 4 is 11.9 Å². The second-order valence-electron chi connectivity index (χ2n) is 5.44.